The monoisotopic (exact) mass is 267 g/mol. The van der Waals surface area contributed by atoms with Gasteiger partial charge in [0.15, 0.2) is 0 Å². The molecule has 0 unspecified atom stereocenters. The van der Waals surface area contributed by atoms with E-state index in [1.54, 1.807) is 0 Å². The molecule has 2 rings (SSSR count). The van der Waals surface area contributed by atoms with E-state index >= 15 is 0 Å². The van der Waals surface area contributed by atoms with E-state index in [9.17, 15) is 4.79 Å². The summed E-state index contributed by atoms with van der Waals surface area (Å²) in [6, 6.07) is 0.445. The Morgan fingerprint density at radius 2 is 1.84 bits per heavy atom. The number of nitrogens with one attached hydrogen (secondary N) is 2. The maximum absolute atomic E-state index is 12.2. The molecule has 2 fully saturated rings. The number of hydrogen-bond acceptors (Lipinski definition) is 2. The molecule has 2 amide bonds. The molecular formula is C15H29N3O. The molecule has 1 heterocycles. The molecule has 0 spiro atoms. The third kappa shape index (κ3) is 4.68. The number of carbonyl (C=O) groups excluding carboxylic acids is 1. The van der Waals surface area contributed by atoms with Gasteiger partial charge >= 0.3 is 6.03 Å². The van der Waals surface area contributed by atoms with Crippen LogP contribution >= 0.6 is 0 Å². The molecule has 1 saturated heterocycles. The molecular weight excluding hydrogens is 238 g/mol. The predicted molar refractivity (Wildman–Crippen MR) is 78.2 cm³/mol. The minimum atomic E-state index is 0.151. The number of hydrogen-bond donors (Lipinski definition) is 2. The maximum Gasteiger partial charge on any atom is 0.317 e. The van der Waals surface area contributed by atoms with Gasteiger partial charge in [-0.25, -0.2) is 4.79 Å². The van der Waals surface area contributed by atoms with Crippen molar-refractivity contribution in [2.24, 2.45) is 5.92 Å². The van der Waals surface area contributed by atoms with Gasteiger partial charge in [0.2, 0.25) is 0 Å². The van der Waals surface area contributed by atoms with Crippen LogP contribution < -0.4 is 10.6 Å². The third-order valence-electron chi connectivity index (χ3n) is 4.51. The molecule has 2 aliphatic rings. The Morgan fingerprint density at radius 3 is 2.47 bits per heavy atom. The van der Waals surface area contributed by atoms with Gasteiger partial charge in [-0.05, 0) is 38.6 Å². The lowest BCUT2D eigenvalue weighted by molar-refractivity contribution is 0.180. The van der Waals surface area contributed by atoms with E-state index in [0.29, 0.717) is 6.04 Å². The van der Waals surface area contributed by atoms with Gasteiger partial charge in [-0.2, -0.15) is 0 Å². The Kier molecular flexibility index (Phi) is 5.95. The molecule has 1 atom stereocenters. The normalized spacial score (nSPS) is 22.5. The molecule has 1 saturated carbocycles. The Labute approximate surface area is 117 Å². The van der Waals surface area contributed by atoms with Crippen LogP contribution in [0.15, 0.2) is 0 Å². The number of carbonyl (C=O) groups is 1. The van der Waals surface area contributed by atoms with Crippen molar-refractivity contribution >= 4 is 6.03 Å². The molecule has 110 valence electrons. The van der Waals surface area contributed by atoms with Crippen molar-refractivity contribution in [3.8, 4) is 0 Å². The average molecular weight is 267 g/mol. The first-order chi connectivity index (χ1) is 9.29. The van der Waals surface area contributed by atoms with Crippen LogP contribution in [0, 0.1) is 5.92 Å². The van der Waals surface area contributed by atoms with Crippen LogP contribution in [0.4, 0.5) is 4.79 Å². The van der Waals surface area contributed by atoms with Gasteiger partial charge in [0.25, 0.3) is 0 Å². The maximum atomic E-state index is 12.2. The Hall–Kier alpha value is -0.770. The van der Waals surface area contributed by atoms with E-state index < -0.39 is 0 Å². The zero-order valence-electron chi connectivity index (χ0n) is 12.3. The minimum absolute atomic E-state index is 0.151. The highest BCUT2D eigenvalue weighted by atomic mass is 16.2. The molecule has 0 aromatic rings. The fraction of sp³-hybridized carbons (Fsp3) is 0.933. The summed E-state index contributed by atoms with van der Waals surface area (Å²) in [5.41, 5.74) is 0. The van der Waals surface area contributed by atoms with Crippen LogP contribution in [-0.4, -0.2) is 43.7 Å². The Bertz CT molecular complexity index is 271. The number of nitrogens with zero attached hydrogens (tertiary/aromatic N) is 1. The van der Waals surface area contributed by atoms with Crippen molar-refractivity contribution in [3.05, 3.63) is 0 Å². The fourth-order valence-electron chi connectivity index (χ4n) is 3.45. The van der Waals surface area contributed by atoms with Gasteiger partial charge < -0.3 is 15.5 Å². The van der Waals surface area contributed by atoms with Crippen LogP contribution in [0.3, 0.4) is 0 Å². The highest BCUT2D eigenvalue weighted by Crippen LogP contribution is 2.28. The lowest BCUT2D eigenvalue weighted by Gasteiger charge is -2.30. The van der Waals surface area contributed by atoms with Crippen LogP contribution in [-0.2, 0) is 0 Å². The number of likely N-dealkylation sites (N-methyl/N-ethyl adjacent to an activating group) is 1. The smallest absolute Gasteiger partial charge is 0.317 e. The summed E-state index contributed by atoms with van der Waals surface area (Å²) in [5, 5.41) is 6.46. The van der Waals surface area contributed by atoms with Gasteiger partial charge in [-0.1, -0.05) is 25.7 Å². The lowest BCUT2D eigenvalue weighted by Crippen LogP contribution is -2.49. The average Bonchev–Trinajstić information content (AvgIpc) is 2.93. The third-order valence-corrected chi connectivity index (χ3v) is 4.51. The molecule has 19 heavy (non-hydrogen) atoms. The minimum Gasteiger partial charge on any atom is -0.334 e. The summed E-state index contributed by atoms with van der Waals surface area (Å²) >= 11 is 0. The second-order valence-corrected chi connectivity index (χ2v) is 6.14. The first-order valence-corrected chi connectivity index (χ1v) is 7.99. The van der Waals surface area contributed by atoms with E-state index in [4.69, 9.17) is 0 Å². The van der Waals surface area contributed by atoms with E-state index in [0.717, 1.165) is 44.8 Å². The number of likely N-dealkylation sites (tertiary alicyclic amines) is 1. The first-order valence-electron chi connectivity index (χ1n) is 7.99. The molecule has 0 aromatic heterocycles. The summed E-state index contributed by atoms with van der Waals surface area (Å²) in [4.78, 5) is 14.2. The number of rotatable bonds is 5. The van der Waals surface area contributed by atoms with E-state index in [1.807, 2.05) is 11.9 Å². The zero-order chi connectivity index (χ0) is 13.5. The standard InChI is InChI=1S/C15H29N3O/c1-16-12-14(11-13-7-3-4-8-13)17-15(19)18-9-5-2-6-10-18/h13-14,16H,2-12H2,1H3,(H,17,19)/t14-/m1/s1. The van der Waals surface area contributed by atoms with E-state index in [2.05, 4.69) is 10.6 Å². The molecule has 4 nitrogen and oxygen atoms in total. The van der Waals surface area contributed by atoms with Gasteiger partial charge in [-0.15, -0.1) is 0 Å². The van der Waals surface area contributed by atoms with Gasteiger partial charge in [0, 0.05) is 25.7 Å². The van der Waals surface area contributed by atoms with Crippen LogP contribution in [0.1, 0.15) is 51.4 Å². The predicted octanol–water partition coefficient (Wildman–Crippen LogP) is 2.35. The van der Waals surface area contributed by atoms with Crippen LogP contribution in [0.2, 0.25) is 0 Å². The Balaban J connectivity index is 1.78. The Morgan fingerprint density at radius 1 is 1.16 bits per heavy atom. The van der Waals surface area contributed by atoms with Crippen molar-refractivity contribution < 1.29 is 4.79 Å². The fourth-order valence-corrected chi connectivity index (χ4v) is 3.45. The van der Waals surface area contributed by atoms with Crippen molar-refractivity contribution in [3.63, 3.8) is 0 Å². The number of amides is 2. The zero-order valence-corrected chi connectivity index (χ0v) is 12.3. The SMILES string of the molecule is CNC[C@@H](CC1CCCC1)NC(=O)N1CCCCC1. The van der Waals surface area contributed by atoms with E-state index in [-0.39, 0.29) is 6.03 Å². The second kappa shape index (κ2) is 7.73. The highest BCUT2D eigenvalue weighted by Gasteiger charge is 2.23. The first kappa shape index (κ1) is 14.6. The summed E-state index contributed by atoms with van der Waals surface area (Å²) < 4.78 is 0. The lowest BCUT2D eigenvalue weighted by atomic mass is 9.98. The summed E-state index contributed by atoms with van der Waals surface area (Å²) in [6.45, 7) is 2.75. The van der Waals surface area contributed by atoms with Crippen molar-refractivity contribution in [1.82, 2.24) is 15.5 Å². The quantitative estimate of drug-likeness (QED) is 0.803. The molecule has 4 heteroatoms. The van der Waals surface area contributed by atoms with Gasteiger partial charge in [-0.3, -0.25) is 0 Å². The van der Waals surface area contributed by atoms with Crippen molar-refractivity contribution in [1.29, 1.82) is 0 Å². The summed E-state index contributed by atoms with van der Waals surface area (Å²) in [7, 11) is 1.97. The number of urea groups is 1. The topological polar surface area (TPSA) is 44.4 Å². The molecule has 2 N–H and O–H groups in total. The molecule has 1 aliphatic carbocycles. The second-order valence-electron chi connectivity index (χ2n) is 6.14. The molecule has 0 bridgehead atoms. The van der Waals surface area contributed by atoms with Crippen LogP contribution in [0.25, 0.3) is 0 Å². The number of piperidine rings is 1. The molecule has 0 aromatic carbocycles. The van der Waals surface area contributed by atoms with Crippen molar-refractivity contribution in [2.45, 2.75) is 57.4 Å². The largest absolute Gasteiger partial charge is 0.334 e. The van der Waals surface area contributed by atoms with E-state index in [1.165, 1.54) is 32.1 Å². The molecule has 0 radical (unpaired) electrons. The van der Waals surface area contributed by atoms with Crippen LogP contribution in [0.5, 0.6) is 0 Å². The van der Waals surface area contributed by atoms with Crippen molar-refractivity contribution in [2.75, 3.05) is 26.7 Å². The summed E-state index contributed by atoms with van der Waals surface area (Å²) in [5.74, 6) is 0.819. The van der Waals surface area contributed by atoms with Gasteiger partial charge in [0.1, 0.15) is 0 Å². The molecule has 1 aliphatic heterocycles. The summed E-state index contributed by atoms with van der Waals surface area (Å²) in [6.07, 6.45) is 10.2. The van der Waals surface area contributed by atoms with Gasteiger partial charge in [0.05, 0.1) is 0 Å². The highest BCUT2D eigenvalue weighted by molar-refractivity contribution is 5.74.